The van der Waals surface area contributed by atoms with Crippen molar-refractivity contribution >= 4 is 28.8 Å². The number of anilines is 2. The van der Waals surface area contributed by atoms with Gasteiger partial charge in [0.15, 0.2) is 5.13 Å². The Morgan fingerprint density at radius 3 is 2.83 bits per heavy atom. The molecule has 0 aromatic carbocycles. The molecule has 10 nitrogen and oxygen atoms in total. The van der Waals surface area contributed by atoms with Crippen LogP contribution < -0.4 is 10.6 Å². The van der Waals surface area contributed by atoms with Gasteiger partial charge in [-0.25, -0.2) is 9.97 Å². The van der Waals surface area contributed by atoms with Crippen molar-refractivity contribution in [3.63, 3.8) is 0 Å². The first-order valence-corrected chi connectivity index (χ1v) is 10.1. The average Bonchev–Trinajstić information content (AvgIpc) is 3.44. The van der Waals surface area contributed by atoms with E-state index in [1.165, 1.54) is 0 Å². The number of aromatic nitrogens is 4. The molecule has 0 radical (unpaired) electrons. The molecule has 1 aliphatic carbocycles. The van der Waals surface area contributed by atoms with Crippen LogP contribution in [0.15, 0.2) is 12.4 Å². The highest BCUT2D eigenvalue weighted by molar-refractivity contribution is 7.19. The minimum absolute atomic E-state index is 0.250. The van der Waals surface area contributed by atoms with Crippen molar-refractivity contribution in [3.8, 4) is 27.8 Å². The Bertz CT molecular complexity index is 1110. The lowest BCUT2D eigenvalue weighted by molar-refractivity contribution is -0.122. The van der Waals surface area contributed by atoms with Crippen LogP contribution in [0.3, 0.4) is 0 Å². The molecule has 4 heterocycles. The van der Waals surface area contributed by atoms with E-state index in [0.717, 1.165) is 64.0 Å². The highest BCUT2D eigenvalue weighted by Gasteiger charge is 2.28. The SMILES string of the molecule is N#Cc1c(N)nc2c(c1-c1cnc(N3CCOCC3)s1)CCc1[nH]ncc1-2.O=CO. The second-order valence-electron chi connectivity index (χ2n) is 6.66. The number of aromatic amines is 1. The zero-order valence-corrected chi connectivity index (χ0v) is 16.8. The minimum Gasteiger partial charge on any atom is -0.483 e. The number of rotatable bonds is 2. The number of ether oxygens (including phenoxy) is 1. The summed E-state index contributed by atoms with van der Waals surface area (Å²) in [6, 6.07) is 2.25. The minimum atomic E-state index is -0.250. The van der Waals surface area contributed by atoms with Gasteiger partial charge in [0.25, 0.3) is 6.47 Å². The topological polar surface area (TPSA) is 154 Å². The van der Waals surface area contributed by atoms with E-state index in [9.17, 15) is 5.26 Å². The number of carbonyl (C=O) groups is 1. The van der Waals surface area contributed by atoms with E-state index < -0.39 is 0 Å². The summed E-state index contributed by atoms with van der Waals surface area (Å²) in [5.41, 5.74) is 11.3. The Kier molecular flexibility index (Phi) is 5.60. The third-order valence-corrected chi connectivity index (χ3v) is 6.13. The van der Waals surface area contributed by atoms with Crippen LogP contribution in [0.25, 0.3) is 21.7 Å². The predicted octanol–water partition coefficient (Wildman–Crippen LogP) is 1.69. The van der Waals surface area contributed by atoms with E-state index in [-0.39, 0.29) is 12.3 Å². The molecule has 5 rings (SSSR count). The second-order valence-corrected chi connectivity index (χ2v) is 7.67. The summed E-state index contributed by atoms with van der Waals surface area (Å²) in [5, 5.41) is 24.7. The van der Waals surface area contributed by atoms with Crippen molar-refractivity contribution in [3.05, 3.63) is 29.2 Å². The van der Waals surface area contributed by atoms with E-state index >= 15 is 0 Å². The fraction of sp³-hybridized carbons (Fsp3) is 0.316. The lowest BCUT2D eigenvalue weighted by Gasteiger charge is -2.26. The molecule has 3 aromatic rings. The number of nitrogens with two attached hydrogens (primary N) is 1. The highest BCUT2D eigenvalue weighted by Crippen LogP contribution is 2.43. The van der Waals surface area contributed by atoms with Crippen LogP contribution in [0.5, 0.6) is 0 Å². The summed E-state index contributed by atoms with van der Waals surface area (Å²) in [7, 11) is 0. The van der Waals surface area contributed by atoms with Crippen LogP contribution in [0, 0.1) is 11.3 Å². The first kappa shape index (κ1) is 19.8. The maximum absolute atomic E-state index is 9.74. The number of nitrogens with one attached hydrogen (secondary N) is 1. The van der Waals surface area contributed by atoms with Crippen LogP contribution >= 0.6 is 11.3 Å². The lowest BCUT2D eigenvalue weighted by Crippen LogP contribution is -2.36. The van der Waals surface area contributed by atoms with Gasteiger partial charge in [-0.15, -0.1) is 0 Å². The molecule has 30 heavy (non-hydrogen) atoms. The summed E-state index contributed by atoms with van der Waals surface area (Å²) in [6.07, 6.45) is 5.24. The van der Waals surface area contributed by atoms with E-state index in [0.29, 0.717) is 18.8 Å². The van der Waals surface area contributed by atoms with Gasteiger partial charge in [-0.1, -0.05) is 11.3 Å². The summed E-state index contributed by atoms with van der Waals surface area (Å²) in [5.74, 6) is 0.252. The van der Waals surface area contributed by atoms with Gasteiger partial charge in [0.05, 0.1) is 30.0 Å². The van der Waals surface area contributed by atoms with E-state index in [1.54, 1.807) is 17.5 Å². The first-order chi connectivity index (χ1) is 14.7. The number of nitriles is 1. The molecule has 2 aliphatic rings. The molecule has 0 amide bonds. The number of carboxylic acid groups (broad SMARTS) is 1. The standard InChI is InChI=1S/C18H17N7OS.CH2O2/c19-7-11-15(14-9-21-18(27-14)25-3-5-26-6-4-25)10-1-2-13-12(8-22-24-13)16(10)23-17(11)20;2-1-3/h8-9H,1-6H2,(H2,20,23)(H,22,24);1H,(H,2,3). The molecule has 4 N–H and O–H groups in total. The fourth-order valence-corrected chi connectivity index (χ4v) is 4.78. The van der Waals surface area contributed by atoms with Crippen molar-refractivity contribution in [2.75, 3.05) is 36.9 Å². The number of hydrogen-bond acceptors (Lipinski definition) is 9. The number of thiazole rings is 1. The molecule has 3 aromatic heterocycles. The largest absolute Gasteiger partial charge is 0.483 e. The van der Waals surface area contributed by atoms with E-state index in [4.69, 9.17) is 20.4 Å². The van der Waals surface area contributed by atoms with Gasteiger partial charge in [-0.05, 0) is 18.4 Å². The summed E-state index contributed by atoms with van der Waals surface area (Å²) >= 11 is 1.59. The molecule has 1 saturated heterocycles. The molecule has 0 unspecified atom stereocenters. The summed E-state index contributed by atoms with van der Waals surface area (Å²) < 4.78 is 5.42. The average molecular weight is 425 g/mol. The molecule has 0 bridgehead atoms. The maximum Gasteiger partial charge on any atom is 0.290 e. The molecule has 1 fully saturated rings. The fourth-order valence-electron chi connectivity index (χ4n) is 3.73. The number of aryl methyl sites for hydroxylation is 1. The molecule has 0 atom stereocenters. The van der Waals surface area contributed by atoms with Gasteiger partial charge in [0.1, 0.15) is 17.5 Å². The van der Waals surface area contributed by atoms with Crippen molar-refractivity contribution < 1.29 is 14.6 Å². The zero-order chi connectivity index (χ0) is 21.1. The number of nitrogen functional groups attached to an aromatic ring is 1. The van der Waals surface area contributed by atoms with Crippen molar-refractivity contribution in [1.29, 1.82) is 5.26 Å². The van der Waals surface area contributed by atoms with Gasteiger partial charge in [0.2, 0.25) is 0 Å². The van der Waals surface area contributed by atoms with Gasteiger partial charge in [-0.3, -0.25) is 9.89 Å². The van der Waals surface area contributed by atoms with Crippen LogP contribution in [0.4, 0.5) is 10.9 Å². The van der Waals surface area contributed by atoms with E-state index in [1.807, 2.05) is 6.20 Å². The molecular formula is C19H19N7O3S. The van der Waals surface area contributed by atoms with Crippen molar-refractivity contribution in [2.24, 2.45) is 0 Å². The number of morpholine rings is 1. The van der Waals surface area contributed by atoms with Gasteiger partial charge in [0, 0.05) is 36.1 Å². The van der Waals surface area contributed by atoms with Crippen molar-refractivity contribution in [1.82, 2.24) is 20.2 Å². The normalized spacial score (nSPS) is 14.7. The monoisotopic (exact) mass is 425 g/mol. The third-order valence-electron chi connectivity index (χ3n) is 5.06. The predicted molar refractivity (Wildman–Crippen MR) is 111 cm³/mol. The Hall–Kier alpha value is -3.49. The first-order valence-electron chi connectivity index (χ1n) is 9.29. The number of fused-ring (bicyclic) bond motifs is 3. The maximum atomic E-state index is 9.74. The molecule has 0 spiro atoms. The second kappa shape index (κ2) is 8.48. The molecular weight excluding hydrogens is 406 g/mol. The van der Waals surface area contributed by atoms with E-state index in [2.05, 4.69) is 31.1 Å². The Morgan fingerprint density at radius 2 is 2.10 bits per heavy atom. The molecule has 11 heteroatoms. The number of pyridine rings is 1. The Balaban J connectivity index is 0.000000687. The Labute approximate surface area is 175 Å². The third kappa shape index (κ3) is 3.47. The van der Waals surface area contributed by atoms with Gasteiger partial charge < -0.3 is 20.5 Å². The molecule has 1 aliphatic heterocycles. The Morgan fingerprint density at radius 1 is 1.33 bits per heavy atom. The highest BCUT2D eigenvalue weighted by atomic mass is 32.1. The quantitative estimate of drug-likeness (QED) is 0.520. The number of H-pyrrole nitrogens is 1. The summed E-state index contributed by atoms with van der Waals surface area (Å²) in [6.45, 7) is 2.82. The molecule has 154 valence electrons. The van der Waals surface area contributed by atoms with Crippen LogP contribution in [-0.4, -0.2) is 58.0 Å². The zero-order valence-electron chi connectivity index (χ0n) is 16.0. The van der Waals surface area contributed by atoms with Gasteiger partial charge >= 0.3 is 0 Å². The van der Waals surface area contributed by atoms with Crippen molar-refractivity contribution in [2.45, 2.75) is 12.8 Å². The molecule has 0 saturated carbocycles. The van der Waals surface area contributed by atoms with Gasteiger partial charge in [-0.2, -0.15) is 10.4 Å². The van der Waals surface area contributed by atoms with Crippen LogP contribution in [0.2, 0.25) is 0 Å². The summed E-state index contributed by atoms with van der Waals surface area (Å²) in [4.78, 5) is 20.7. The van der Waals surface area contributed by atoms with Crippen LogP contribution in [-0.2, 0) is 22.4 Å². The number of nitrogens with zero attached hydrogens (tertiary/aromatic N) is 5. The smallest absolute Gasteiger partial charge is 0.290 e. The lowest BCUT2D eigenvalue weighted by atomic mass is 9.88. The number of hydrogen-bond donors (Lipinski definition) is 3. The van der Waals surface area contributed by atoms with Crippen LogP contribution in [0.1, 0.15) is 16.8 Å².